The summed E-state index contributed by atoms with van der Waals surface area (Å²) < 4.78 is 83.4. The van der Waals surface area contributed by atoms with Crippen molar-refractivity contribution < 1.29 is 31.1 Å². The van der Waals surface area contributed by atoms with Crippen LogP contribution < -0.4 is 4.90 Å². The number of benzene rings is 1. The maximum Gasteiger partial charge on any atom is 0.434 e. The smallest absolute Gasteiger partial charge is 0.347 e. The van der Waals surface area contributed by atoms with Gasteiger partial charge in [0, 0.05) is 30.8 Å². The highest BCUT2D eigenvalue weighted by molar-refractivity contribution is 7.15. The largest absolute Gasteiger partial charge is 0.434 e. The summed E-state index contributed by atoms with van der Waals surface area (Å²) in [5.41, 5.74) is -3.82. The molecule has 0 aliphatic carbocycles. The van der Waals surface area contributed by atoms with Crippen LogP contribution in [-0.2, 0) is 22.8 Å². The van der Waals surface area contributed by atoms with Crippen LogP contribution in [0.15, 0.2) is 12.1 Å². The van der Waals surface area contributed by atoms with E-state index < -0.39 is 36.4 Å². The summed E-state index contributed by atoms with van der Waals surface area (Å²) in [6, 6.07) is 2.16. The van der Waals surface area contributed by atoms with E-state index >= 15 is 0 Å². The lowest BCUT2D eigenvalue weighted by molar-refractivity contribution is -0.184. The molecule has 0 bridgehead atoms. The van der Waals surface area contributed by atoms with E-state index in [1.54, 1.807) is 6.92 Å². The quantitative estimate of drug-likeness (QED) is 0.271. The highest BCUT2D eigenvalue weighted by Gasteiger charge is 2.59. The van der Waals surface area contributed by atoms with E-state index in [0.717, 1.165) is 12.1 Å². The number of alkyl halides is 6. The van der Waals surface area contributed by atoms with Gasteiger partial charge in [0.1, 0.15) is 11.2 Å². The molecule has 182 valence electrons. The number of hydrogen-bond donors (Lipinski definition) is 0. The van der Waals surface area contributed by atoms with Crippen molar-refractivity contribution in [2.75, 3.05) is 18.0 Å². The molecule has 1 unspecified atom stereocenters. The number of aromatic nitrogens is 1. The predicted molar refractivity (Wildman–Crippen MR) is 117 cm³/mol. The van der Waals surface area contributed by atoms with Crippen LogP contribution in [0.5, 0.6) is 0 Å². The fourth-order valence-corrected chi connectivity index (χ4v) is 5.43. The number of carbonyl (C=O) groups excluding carboxylic acids is 1. The SMILES string of the molecule is CCC(=O)CCc1sc(N2CCC(c3cc(Cl)c(Cl)c(Cl)c3)(C(F)(F)F)C2)nc1C(F)(F)F. The standard InChI is InChI=1S/C20H17Cl3F6N2OS/c1-2-11(32)3-4-14-16(19(24,25)26)30-17(33-14)31-6-5-18(9-31,20(27,28)29)10-7-12(21)15(23)13(22)8-10/h7-8H,2-6,9H2,1H3. The van der Waals surface area contributed by atoms with E-state index in [1.807, 2.05) is 0 Å². The highest BCUT2D eigenvalue weighted by atomic mass is 35.5. The Bertz CT molecular complexity index is 1030. The Morgan fingerprint density at radius 1 is 1.15 bits per heavy atom. The van der Waals surface area contributed by atoms with Gasteiger partial charge in [-0.25, -0.2) is 4.98 Å². The van der Waals surface area contributed by atoms with Gasteiger partial charge in [-0.15, -0.1) is 11.3 Å². The van der Waals surface area contributed by atoms with Crippen LogP contribution in [0.4, 0.5) is 31.5 Å². The van der Waals surface area contributed by atoms with Crippen molar-refractivity contribution in [3.8, 4) is 0 Å². The van der Waals surface area contributed by atoms with Crippen molar-refractivity contribution in [1.29, 1.82) is 0 Å². The molecule has 2 aromatic rings. The minimum absolute atomic E-state index is 0.0877. The fourth-order valence-electron chi connectivity index (χ4n) is 3.73. The third-order valence-corrected chi connectivity index (χ3v) is 7.97. The maximum absolute atomic E-state index is 14.3. The van der Waals surface area contributed by atoms with Gasteiger partial charge >= 0.3 is 12.4 Å². The Labute approximate surface area is 204 Å². The van der Waals surface area contributed by atoms with Crippen molar-refractivity contribution in [1.82, 2.24) is 4.98 Å². The van der Waals surface area contributed by atoms with Crippen LogP contribution >= 0.6 is 46.1 Å². The molecule has 2 heterocycles. The topological polar surface area (TPSA) is 33.2 Å². The van der Waals surface area contributed by atoms with Crippen molar-refractivity contribution >= 4 is 57.1 Å². The summed E-state index contributed by atoms with van der Waals surface area (Å²) in [5.74, 6) is -0.216. The van der Waals surface area contributed by atoms with Crippen LogP contribution in [0.1, 0.15) is 42.3 Å². The Kier molecular flexibility index (Phi) is 7.54. The average Bonchev–Trinajstić information content (AvgIpc) is 3.34. The molecular formula is C20H17Cl3F6N2OS. The zero-order valence-electron chi connectivity index (χ0n) is 17.0. The van der Waals surface area contributed by atoms with Gasteiger partial charge in [-0.3, -0.25) is 4.79 Å². The van der Waals surface area contributed by atoms with Crippen LogP contribution in [0.25, 0.3) is 0 Å². The summed E-state index contributed by atoms with van der Waals surface area (Å²) >= 11 is 18.4. The first-order valence-electron chi connectivity index (χ1n) is 9.75. The summed E-state index contributed by atoms with van der Waals surface area (Å²) in [5, 5.41) is -0.579. The number of hydrogen-bond acceptors (Lipinski definition) is 4. The van der Waals surface area contributed by atoms with E-state index in [9.17, 15) is 31.1 Å². The number of Topliss-reactive ketones (excluding diaryl/α,β-unsaturated/α-hetero) is 1. The van der Waals surface area contributed by atoms with Crippen LogP contribution in [0.2, 0.25) is 15.1 Å². The van der Waals surface area contributed by atoms with Crippen molar-refractivity contribution in [3.05, 3.63) is 43.3 Å². The number of carbonyl (C=O) groups is 1. The minimum Gasteiger partial charge on any atom is -0.347 e. The van der Waals surface area contributed by atoms with Crippen LogP contribution in [-0.4, -0.2) is 30.0 Å². The fraction of sp³-hybridized carbons (Fsp3) is 0.500. The Balaban J connectivity index is 1.99. The number of nitrogens with zero attached hydrogens (tertiary/aromatic N) is 2. The second-order valence-corrected chi connectivity index (χ2v) is 9.92. The molecule has 1 aliphatic heterocycles. The summed E-state index contributed by atoms with van der Waals surface area (Å²) in [4.78, 5) is 16.2. The van der Waals surface area contributed by atoms with Gasteiger partial charge in [0.05, 0.1) is 15.1 Å². The lowest BCUT2D eigenvalue weighted by Crippen LogP contribution is -2.44. The number of aryl methyl sites for hydroxylation is 1. The third-order valence-electron chi connectivity index (χ3n) is 5.60. The average molecular weight is 554 g/mol. The van der Waals surface area contributed by atoms with E-state index in [4.69, 9.17) is 34.8 Å². The molecule has 3 rings (SSSR count). The van der Waals surface area contributed by atoms with Gasteiger partial charge in [-0.2, -0.15) is 26.3 Å². The molecule has 3 nitrogen and oxygen atoms in total. The van der Waals surface area contributed by atoms with Crippen LogP contribution in [0, 0.1) is 0 Å². The molecule has 0 N–H and O–H groups in total. The number of ketones is 1. The zero-order valence-corrected chi connectivity index (χ0v) is 20.1. The molecule has 1 aromatic heterocycles. The number of rotatable bonds is 6. The summed E-state index contributed by atoms with van der Waals surface area (Å²) in [6.45, 7) is 0.750. The van der Waals surface area contributed by atoms with E-state index in [2.05, 4.69) is 4.98 Å². The summed E-state index contributed by atoms with van der Waals surface area (Å²) in [7, 11) is 0. The molecule has 33 heavy (non-hydrogen) atoms. The second-order valence-electron chi connectivity index (χ2n) is 7.66. The molecule has 0 amide bonds. The predicted octanol–water partition coefficient (Wildman–Crippen LogP) is 7.74. The molecule has 0 radical (unpaired) electrons. The molecule has 1 fully saturated rings. The van der Waals surface area contributed by atoms with E-state index in [1.165, 1.54) is 4.90 Å². The van der Waals surface area contributed by atoms with Gasteiger partial charge in [0.25, 0.3) is 0 Å². The Morgan fingerprint density at radius 3 is 2.27 bits per heavy atom. The molecule has 1 aliphatic rings. The maximum atomic E-state index is 14.3. The first-order chi connectivity index (χ1) is 15.2. The Morgan fingerprint density at radius 2 is 1.76 bits per heavy atom. The molecule has 0 spiro atoms. The van der Waals surface area contributed by atoms with Gasteiger partial charge < -0.3 is 4.90 Å². The third kappa shape index (κ3) is 5.23. The van der Waals surface area contributed by atoms with Crippen molar-refractivity contribution in [3.63, 3.8) is 0 Å². The zero-order chi connectivity index (χ0) is 24.8. The lowest BCUT2D eigenvalue weighted by atomic mass is 9.79. The minimum atomic E-state index is -4.79. The number of thiazole rings is 1. The molecule has 0 saturated carbocycles. The van der Waals surface area contributed by atoms with E-state index in [0.29, 0.717) is 11.3 Å². The highest BCUT2D eigenvalue weighted by Crippen LogP contribution is 2.51. The number of anilines is 1. The molecule has 13 heteroatoms. The van der Waals surface area contributed by atoms with Crippen molar-refractivity contribution in [2.45, 2.75) is 50.4 Å². The molecule has 1 atom stereocenters. The van der Waals surface area contributed by atoms with E-state index in [-0.39, 0.29) is 62.2 Å². The molecule has 1 saturated heterocycles. The second kappa shape index (κ2) is 9.43. The van der Waals surface area contributed by atoms with Gasteiger partial charge in [-0.1, -0.05) is 41.7 Å². The summed E-state index contributed by atoms with van der Waals surface area (Å²) in [6.07, 6.45) is -10.1. The van der Waals surface area contributed by atoms with Gasteiger partial charge in [0.15, 0.2) is 10.8 Å². The molecular weight excluding hydrogens is 537 g/mol. The first-order valence-corrected chi connectivity index (χ1v) is 11.7. The normalized spacial score (nSPS) is 19.4. The lowest BCUT2D eigenvalue weighted by Gasteiger charge is -2.32. The Hall–Kier alpha value is -1.23. The number of halogens is 9. The molecule has 1 aromatic carbocycles. The van der Waals surface area contributed by atoms with Crippen molar-refractivity contribution in [2.24, 2.45) is 0 Å². The van der Waals surface area contributed by atoms with Crippen LogP contribution in [0.3, 0.4) is 0 Å². The van der Waals surface area contributed by atoms with Gasteiger partial charge in [-0.05, 0) is 30.5 Å². The monoisotopic (exact) mass is 552 g/mol. The first kappa shape index (κ1) is 26.4. The van der Waals surface area contributed by atoms with Gasteiger partial charge in [0.2, 0.25) is 0 Å².